The minimum atomic E-state index is -0.330. The molecule has 1 aromatic heterocycles. The summed E-state index contributed by atoms with van der Waals surface area (Å²) < 4.78 is 0. The summed E-state index contributed by atoms with van der Waals surface area (Å²) in [5, 5.41) is 15.1. The smallest absolute Gasteiger partial charge is 0.308 e. The van der Waals surface area contributed by atoms with E-state index in [9.17, 15) is 4.79 Å². The molecule has 2 amide bonds. The summed E-state index contributed by atoms with van der Waals surface area (Å²) in [5.41, 5.74) is 5.43. The maximum atomic E-state index is 12.2. The van der Waals surface area contributed by atoms with Crippen LogP contribution >= 0.6 is 11.3 Å². The van der Waals surface area contributed by atoms with E-state index in [4.69, 9.17) is 0 Å². The van der Waals surface area contributed by atoms with Crippen molar-refractivity contribution in [2.45, 2.75) is 40.0 Å². The lowest BCUT2D eigenvalue weighted by atomic mass is 9.87. The number of hydrogen-bond donors (Lipinski definition) is 2. The average Bonchev–Trinajstić information content (AvgIpc) is 3.06. The van der Waals surface area contributed by atoms with Crippen LogP contribution in [0.2, 0.25) is 0 Å². The average molecular weight is 381 g/mol. The Kier molecular flexibility index (Phi) is 5.28. The molecule has 0 aliphatic carbocycles. The van der Waals surface area contributed by atoms with Gasteiger partial charge in [-0.05, 0) is 48.1 Å². The van der Waals surface area contributed by atoms with E-state index in [1.165, 1.54) is 22.5 Å². The second kappa shape index (κ2) is 7.48. The first kappa shape index (κ1) is 19.0. The highest BCUT2D eigenvalue weighted by Crippen LogP contribution is 2.29. The van der Waals surface area contributed by atoms with Crippen LogP contribution in [0.4, 0.5) is 15.6 Å². The number of nitrogens with one attached hydrogen (secondary N) is 2. The second-order valence-electron chi connectivity index (χ2n) is 7.62. The Balaban J connectivity index is 1.66. The third-order valence-electron chi connectivity index (χ3n) is 4.41. The van der Waals surface area contributed by atoms with Crippen LogP contribution in [0.25, 0.3) is 10.6 Å². The molecule has 3 rings (SSSR count). The van der Waals surface area contributed by atoms with Gasteiger partial charge < -0.3 is 5.32 Å². The van der Waals surface area contributed by atoms with Crippen LogP contribution in [0.5, 0.6) is 0 Å². The molecule has 1 heterocycles. The molecule has 0 aliphatic heterocycles. The van der Waals surface area contributed by atoms with Crippen LogP contribution in [0.1, 0.15) is 37.5 Å². The number of hydrogen-bond acceptors (Lipinski definition) is 4. The van der Waals surface area contributed by atoms with Crippen molar-refractivity contribution in [3.8, 4) is 10.6 Å². The Morgan fingerprint density at radius 3 is 2.26 bits per heavy atom. The third-order valence-corrected chi connectivity index (χ3v) is 5.30. The first-order valence-corrected chi connectivity index (χ1v) is 9.64. The number of carbonyl (C=O) groups is 1. The number of carbonyl (C=O) groups excluding carboxylic acids is 1. The molecule has 0 spiro atoms. The van der Waals surface area contributed by atoms with E-state index in [1.54, 1.807) is 0 Å². The van der Waals surface area contributed by atoms with Crippen LogP contribution in [-0.4, -0.2) is 16.2 Å². The van der Waals surface area contributed by atoms with Gasteiger partial charge >= 0.3 is 6.03 Å². The molecule has 0 atom stereocenters. The maximum absolute atomic E-state index is 12.2. The fourth-order valence-electron chi connectivity index (χ4n) is 2.58. The number of benzene rings is 2. The molecular weight excluding hydrogens is 356 g/mol. The van der Waals surface area contributed by atoms with E-state index in [1.807, 2.05) is 44.2 Å². The molecule has 0 bridgehead atoms. The van der Waals surface area contributed by atoms with Crippen molar-refractivity contribution in [1.82, 2.24) is 10.2 Å². The molecule has 0 aliphatic rings. The maximum Gasteiger partial charge on any atom is 0.325 e. The number of nitrogens with zero attached hydrogens (tertiary/aromatic N) is 2. The molecule has 0 saturated carbocycles. The Labute approximate surface area is 163 Å². The lowest BCUT2D eigenvalue weighted by Gasteiger charge is -2.18. The fraction of sp³-hybridized carbons (Fsp3) is 0.286. The molecule has 2 N–H and O–H groups in total. The second-order valence-corrected chi connectivity index (χ2v) is 8.60. The van der Waals surface area contributed by atoms with Crippen molar-refractivity contribution in [2.24, 2.45) is 0 Å². The van der Waals surface area contributed by atoms with Crippen LogP contribution in [0.15, 0.2) is 42.5 Å². The lowest BCUT2D eigenvalue weighted by Crippen LogP contribution is -2.19. The Morgan fingerprint density at radius 2 is 1.63 bits per heavy atom. The largest absolute Gasteiger partial charge is 0.325 e. The van der Waals surface area contributed by atoms with Gasteiger partial charge in [0.1, 0.15) is 5.01 Å². The van der Waals surface area contributed by atoms with Gasteiger partial charge in [-0.25, -0.2) is 4.79 Å². The molecule has 0 fully saturated rings. The SMILES string of the molecule is Cc1ccc(NC(=O)Nc2nnc(-c3ccc(C(C)(C)C)cc3)s2)cc1C. The monoisotopic (exact) mass is 380 g/mol. The number of amides is 2. The molecule has 0 saturated heterocycles. The number of urea groups is 1. The van der Waals surface area contributed by atoms with E-state index < -0.39 is 0 Å². The van der Waals surface area contributed by atoms with Crippen molar-refractivity contribution >= 4 is 28.2 Å². The van der Waals surface area contributed by atoms with E-state index in [2.05, 4.69) is 53.7 Å². The molecule has 3 aromatic rings. The van der Waals surface area contributed by atoms with Crippen LogP contribution in [0, 0.1) is 13.8 Å². The summed E-state index contributed by atoms with van der Waals surface area (Å²) in [5.74, 6) is 0. The summed E-state index contributed by atoms with van der Waals surface area (Å²) in [6, 6.07) is 13.8. The zero-order chi connectivity index (χ0) is 19.6. The van der Waals surface area contributed by atoms with E-state index in [0.29, 0.717) is 5.13 Å². The highest BCUT2D eigenvalue weighted by molar-refractivity contribution is 7.18. The van der Waals surface area contributed by atoms with Crippen LogP contribution in [0.3, 0.4) is 0 Å². The first-order valence-electron chi connectivity index (χ1n) is 8.82. The molecule has 27 heavy (non-hydrogen) atoms. The molecule has 0 unspecified atom stereocenters. The topological polar surface area (TPSA) is 66.9 Å². The van der Waals surface area contributed by atoms with Gasteiger partial charge in [0.25, 0.3) is 0 Å². The summed E-state index contributed by atoms with van der Waals surface area (Å²) in [4.78, 5) is 12.2. The Hall–Kier alpha value is -2.73. The lowest BCUT2D eigenvalue weighted by molar-refractivity contribution is 0.262. The van der Waals surface area contributed by atoms with Gasteiger partial charge in [-0.3, -0.25) is 5.32 Å². The molecule has 2 aromatic carbocycles. The van der Waals surface area contributed by atoms with Crippen molar-refractivity contribution in [2.75, 3.05) is 10.6 Å². The normalized spacial score (nSPS) is 11.3. The van der Waals surface area contributed by atoms with E-state index in [0.717, 1.165) is 21.8 Å². The quantitative estimate of drug-likeness (QED) is 0.607. The molecule has 140 valence electrons. The van der Waals surface area contributed by atoms with Gasteiger partial charge in [0.15, 0.2) is 0 Å². The Morgan fingerprint density at radius 1 is 0.926 bits per heavy atom. The standard InChI is InChI=1S/C21H24N4OS/c1-13-6-11-17(12-14(13)2)22-19(26)23-20-25-24-18(27-20)15-7-9-16(10-8-15)21(3,4)5/h6-12H,1-5H3,(H2,22,23,25,26). The molecular formula is C21H24N4OS. The highest BCUT2D eigenvalue weighted by atomic mass is 32.1. The number of rotatable bonds is 3. The van der Waals surface area contributed by atoms with Crippen molar-refractivity contribution in [3.63, 3.8) is 0 Å². The number of aromatic nitrogens is 2. The van der Waals surface area contributed by atoms with Gasteiger partial charge in [0, 0.05) is 11.3 Å². The van der Waals surface area contributed by atoms with Gasteiger partial charge in [0.2, 0.25) is 5.13 Å². The minimum absolute atomic E-state index is 0.110. The summed E-state index contributed by atoms with van der Waals surface area (Å²) in [6.07, 6.45) is 0. The van der Waals surface area contributed by atoms with Crippen molar-refractivity contribution < 1.29 is 4.79 Å². The predicted molar refractivity (Wildman–Crippen MR) is 113 cm³/mol. The van der Waals surface area contributed by atoms with Crippen LogP contribution < -0.4 is 10.6 Å². The Bertz CT molecular complexity index is 955. The van der Waals surface area contributed by atoms with Gasteiger partial charge in [-0.1, -0.05) is 62.4 Å². The fourth-order valence-corrected chi connectivity index (χ4v) is 3.33. The molecule has 0 radical (unpaired) electrons. The zero-order valence-electron chi connectivity index (χ0n) is 16.3. The van der Waals surface area contributed by atoms with Gasteiger partial charge in [0.05, 0.1) is 0 Å². The van der Waals surface area contributed by atoms with E-state index >= 15 is 0 Å². The number of aryl methyl sites for hydroxylation is 2. The van der Waals surface area contributed by atoms with E-state index in [-0.39, 0.29) is 11.4 Å². The summed E-state index contributed by atoms with van der Waals surface area (Å²) >= 11 is 1.35. The number of anilines is 2. The van der Waals surface area contributed by atoms with Gasteiger partial charge in [-0.2, -0.15) is 0 Å². The highest BCUT2D eigenvalue weighted by Gasteiger charge is 2.14. The summed E-state index contributed by atoms with van der Waals surface area (Å²) in [6.45, 7) is 10.6. The zero-order valence-corrected chi connectivity index (χ0v) is 17.1. The van der Waals surface area contributed by atoms with Gasteiger partial charge in [-0.15, -0.1) is 10.2 Å². The third kappa shape index (κ3) is 4.71. The molecule has 6 heteroatoms. The van der Waals surface area contributed by atoms with Crippen molar-refractivity contribution in [1.29, 1.82) is 0 Å². The predicted octanol–water partition coefficient (Wildman–Crippen LogP) is 5.76. The van der Waals surface area contributed by atoms with Crippen molar-refractivity contribution in [3.05, 3.63) is 59.2 Å². The first-order chi connectivity index (χ1) is 12.7. The molecule has 5 nitrogen and oxygen atoms in total. The van der Waals surface area contributed by atoms with Crippen LogP contribution in [-0.2, 0) is 5.41 Å². The summed E-state index contributed by atoms with van der Waals surface area (Å²) in [7, 11) is 0. The minimum Gasteiger partial charge on any atom is -0.308 e.